The molecule has 1 atom stereocenters. The van der Waals surface area contributed by atoms with Gasteiger partial charge in [-0.2, -0.15) is 10.2 Å². The number of likely N-dealkylation sites (tertiary alicyclic amines) is 1. The summed E-state index contributed by atoms with van der Waals surface area (Å²) in [6.07, 6.45) is 3.53. The van der Waals surface area contributed by atoms with Crippen molar-refractivity contribution in [3.05, 3.63) is 54.9 Å². The third-order valence-corrected chi connectivity index (χ3v) is 5.34. The van der Waals surface area contributed by atoms with Crippen LogP contribution >= 0.6 is 0 Å². The van der Waals surface area contributed by atoms with E-state index in [0.717, 1.165) is 23.1 Å². The van der Waals surface area contributed by atoms with E-state index in [0.29, 0.717) is 30.3 Å². The highest BCUT2D eigenvalue weighted by Crippen LogP contribution is 2.26. The van der Waals surface area contributed by atoms with Gasteiger partial charge < -0.3 is 19.7 Å². The first-order valence-corrected chi connectivity index (χ1v) is 10.4. The second-order valence-electron chi connectivity index (χ2n) is 7.48. The first-order valence-electron chi connectivity index (χ1n) is 10.4. The standard InChI is InChI=1S/C23H24N6O4/c1-32-19-7-9-29(14-19)22(30)26-18-5-3-4-16(10-18)20-11-17(13-25-28-20)15-6-8-24-21(12-15)27-23(31)33-2/h3-6,8,10-13,19H,7,9,14H2,1-2H3,(H,26,30)(H,24,27,31)/t19-/m0/s1. The van der Waals surface area contributed by atoms with Gasteiger partial charge in [-0.05, 0) is 42.3 Å². The van der Waals surface area contributed by atoms with Crippen molar-refractivity contribution in [3.8, 4) is 22.4 Å². The number of methoxy groups -OCH3 is 2. The minimum Gasteiger partial charge on any atom is -0.453 e. The van der Waals surface area contributed by atoms with E-state index in [-0.39, 0.29) is 12.1 Å². The van der Waals surface area contributed by atoms with Gasteiger partial charge in [-0.15, -0.1) is 0 Å². The van der Waals surface area contributed by atoms with Gasteiger partial charge >= 0.3 is 12.1 Å². The van der Waals surface area contributed by atoms with E-state index in [1.807, 2.05) is 36.4 Å². The summed E-state index contributed by atoms with van der Waals surface area (Å²) in [4.78, 5) is 29.9. The number of anilines is 2. The van der Waals surface area contributed by atoms with Crippen LogP contribution in [0.4, 0.5) is 21.1 Å². The number of aromatic nitrogens is 3. The van der Waals surface area contributed by atoms with Crippen LogP contribution in [-0.2, 0) is 9.47 Å². The normalized spacial score (nSPS) is 15.2. The highest BCUT2D eigenvalue weighted by molar-refractivity contribution is 5.90. The smallest absolute Gasteiger partial charge is 0.412 e. The largest absolute Gasteiger partial charge is 0.453 e. The SMILES string of the molecule is COC(=O)Nc1cc(-c2cnnc(-c3cccc(NC(=O)N4CC[C@H](OC)C4)c3)c2)ccn1. The van der Waals surface area contributed by atoms with Crippen LogP contribution in [0.5, 0.6) is 0 Å². The Morgan fingerprint density at radius 1 is 1.06 bits per heavy atom. The molecule has 2 aromatic heterocycles. The zero-order valence-electron chi connectivity index (χ0n) is 18.3. The van der Waals surface area contributed by atoms with E-state index in [9.17, 15) is 9.59 Å². The number of carbonyl (C=O) groups is 2. The lowest BCUT2D eigenvalue weighted by Gasteiger charge is -2.17. The van der Waals surface area contributed by atoms with Crippen LogP contribution in [0.15, 0.2) is 54.9 Å². The molecule has 3 amide bonds. The third-order valence-electron chi connectivity index (χ3n) is 5.34. The maximum atomic E-state index is 12.6. The van der Waals surface area contributed by atoms with Crippen molar-refractivity contribution in [3.63, 3.8) is 0 Å². The number of rotatable bonds is 5. The van der Waals surface area contributed by atoms with Gasteiger partial charge in [0, 0.05) is 43.2 Å². The summed E-state index contributed by atoms with van der Waals surface area (Å²) in [5.74, 6) is 0.361. The Labute approximate surface area is 190 Å². The second-order valence-corrected chi connectivity index (χ2v) is 7.48. The van der Waals surface area contributed by atoms with Gasteiger partial charge in [-0.3, -0.25) is 5.32 Å². The number of hydrogen-bond acceptors (Lipinski definition) is 7. The number of urea groups is 1. The Bertz CT molecular complexity index is 1160. The lowest BCUT2D eigenvalue weighted by Crippen LogP contribution is -2.33. The highest BCUT2D eigenvalue weighted by atomic mass is 16.5. The Morgan fingerprint density at radius 3 is 2.73 bits per heavy atom. The first-order chi connectivity index (χ1) is 16.1. The number of benzene rings is 1. The van der Waals surface area contributed by atoms with Crippen LogP contribution < -0.4 is 10.6 Å². The molecule has 0 aliphatic carbocycles. The third kappa shape index (κ3) is 5.42. The number of pyridine rings is 1. The van der Waals surface area contributed by atoms with Crippen molar-refractivity contribution in [2.45, 2.75) is 12.5 Å². The van der Waals surface area contributed by atoms with Crippen molar-refractivity contribution >= 4 is 23.6 Å². The number of hydrogen-bond donors (Lipinski definition) is 2. The lowest BCUT2D eigenvalue weighted by molar-refractivity contribution is 0.111. The zero-order chi connectivity index (χ0) is 23.2. The predicted molar refractivity (Wildman–Crippen MR) is 123 cm³/mol. The second kappa shape index (κ2) is 10.0. The molecule has 1 saturated heterocycles. The van der Waals surface area contributed by atoms with Gasteiger partial charge in [-0.25, -0.2) is 14.6 Å². The topological polar surface area (TPSA) is 119 Å². The summed E-state index contributed by atoms with van der Waals surface area (Å²) in [7, 11) is 2.95. The molecule has 10 heteroatoms. The molecule has 1 aromatic carbocycles. The summed E-state index contributed by atoms with van der Waals surface area (Å²) in [6.45, 7) is 1.24. The molecule has 33 heavy (non-hydrogen) atoms. The van der Waals surface area contributed by atoms with Crippen LogP contribution in [-0.4, -0.2) is 65.6 Å². The van der Waals surface area contributed by atoms with E-state index >= 15 is 0 Å². The quantitative estimate of drug-likeness (QED) is 0.612. The fourth-order valence-corrected chi connectivity index (χ4v) is 3.56. The van der Waals surface area contributed by atoms with Crippen LogP contribution in [0.3, 0.4) is 0 Å². The summed E-state index contributed by atoms with van der Waals surface area (Å²) in [5, 5.41) is 13.8. The van der Waals surface area contributed by atoms with E-state index in [1.54, 1.807) is 30.5 Å². The molecule has 1 aliphatic heterocycles. The Kier molecular flexibility index (Phi) is 6.75. The summed E-state index contributed by atoms with van der Waals surface area (Å²) in [6, 6.07) is 12.7. The minimum atomic E-state index is -0.598. The molecule has 4 rings (SSSR count). The maximum Gasteiger partial charge on any atom is 0.412 e. The average Bonchev–Trinajstić information content (AvgIpc) is 3.34. The van der Waals surface area contributed by atoms with Gasteiger partial charge in [0.1, 0.15) is 5.82 Å². The molecule has 3 heterocycles. The van der Waals surface area contributed by atoms with E-state index in [1.165, 1.54) is 7.11 Å². The van der Waals surface area contributed by atoms with Gasteiger partial charge in [0.2, 0.25) is 0 Å². The molecule has 2 N–H and O–H groups in total. The zero-order valence-corrected chi connectivity index (χ0v) is 18.3. The fraction of sp³-hybridized carbons (Fsp3) is 0.261. The number of ether oxygens (including phenoxy) is 2. The molecular formula is C23H24N6O4. The van der Waals surface area contributed by atoms with Crippen molar-refractivity contribution < 1.29 is 19.1 Å². The minimum absolute atomic E-state index is 0.0802. The highest BCUT2D eigenvalue weighted by Gasteiger charge is 2.26. The molecule has 0 spiro atoms. The average molecular weight is 448 g/mol. The molecule has 10 nitrogen and oxygen atoms in total. The molecule has 3 aromatic rings. The molecule has 1 fully saturated rings. The summed E-state index contributed by atoms with van der Waals surface area (Å²) in [5.41, 5.74) is 3.72. The maximum absolute atomic E-state index is 12.6. The van der Waals surface area contributed by atoms with E-state index < -0.39 is 6.09 Å². The van der Waals surface area contributed by atoms with Gasteiger partial charge in [0.25, 0.3) is 0 Å². The molecule has 170 valence electrons. The number of nitrogens with one attached hydrogen (secondary N) is 2. The van der Waals surface area contributed by atoms with Crippen molar-refractivity contribution in [2.75, 3.05) is 37.9 Å². The Hall–Kier alpha value is -4.05. The number of carbonyl (C=O) groups excluding carboxylic acids is 2. The van der Waals surface area contributed by atoms with Crippen molar-refractivity contribution in [1.29, 1.82) is 0 Å². The summed E-state index contributed by atoms with van der Waals surface area (Å²) >= 11 is 0. The van der Waals surface area contributed by atoms with Gasteiger partial charge in [-0.1, -0.05) is 12.1 Å². The molecule has 1 aliphatic rings. The van der Waals surface area contributed by atoms with Crippen LogP contribution in [0.25, 0.3) is 22.4 Å². The molecule has 0 bridgehead atoms. The number of amides is 3. The number of nitrogens with zero attached hydrogens (tertiary/aromatic N) is 4. The lowest BCUT2D eigenvalue weighted by atomic mass is 10.1. The Morgan fingerprint density at radius 2 is 1.94 bits per heavy atom. The summed E-state index contributed by atoms with van der Waals surface area (Å²) < 4.78 is 9.94. The van der Waals surface area contributed by atoms with Gasteiger partial charge in [0.15, 0.2) is 0 Å². The predicted octanol–water partition coefficient (Wildman–Crippen LogP) is 3.64. The molecule has 0 radical (unpaired) electrons. The van der Waals surface area contributed by atoms with Crippen LogP contribution in [0.1, 0.15) is 6.42 Å². The Balaban J connectivity index is 1.52. The van der Waals surface area contributed by atoms with Gasteiger partial charge in [0.05, 0.1) is 25.1 Å². The van der Waals surface area contributed by atoms with Crippen LogP contribution in [0.2, 0.25) is 0 Å². The fourth-order valence-electron chi connectivity index (χ4n) is 3.56. The molecule has 0 saturated carbocycles. The molecule has 0 unspecified atom stereocenters. The van der Waals surface area contributed by atoms with Crippen LogP contribution in [0, 0.1) is 0 Å². The van der Waals surface area contributed by atoms with E-state index in [2.05, 4.69) is 30.6 Å². The van der Waals surface area contributed by atoms with Crippen molar-refractivity contribution in [1.82, 2.24) is 20.1 Å². The monoisotopic (exact) mass is 448 g/mol. The van der Waals surface area contributed by atoms with E-state index in [4.69, 9.17) is 4.74 Å². The first kappa shape index (κ1) is 22.2. The molecular weight excluding hydrogens is 424 g/mol. The van der Waals surface area contributed by atoms with Crippen molar-refractivity contribution in [2.24, 2.45) is 0 Å².